The molecule has 1 aromatic carbocycles. The lowest BCUT2D eigenvalue weighted by molar-refractivity contribution is -0.131. The lowest BCUT2D eigenvalue weighted by Gasteiger charge is -2.25. The topological polar surface area (TPSA) is 32.3 Å². The van der Waals surface area contributed by atoms with Gasteiger partial charge in [0.1, 0.15) is 6.04 Å². The SMILES string of the molecule is CC1(C)CCCN(C(=O)C2Cc3ccccc3N2)CC1. The first kappa shape index (κ1) is 13.5. The van der Waals surface area contributed by atoms with Crippen molar-refractivity contribution in [2.75, 3.05) is 18.4 Å². The molecule has 1 atom stereocenters. The molecular formula is C17H24N2O. The van der Waals surface area contributed by atoms with Gasteiger partial charge < -0.3 is 10.2 Å². The molecule has 0 radical (unpaired) electrons. The summed E-state index contributed by atoms with van der Waals surface area (Å²) in [6.45, 7) is 6.44. The number of anilines is 1. The summed E-state index contributed by atoms with van der Waals surface area (Å²) in [7, 11) is 0. The minimum atomic E-state index is -0.0615. The lowest BCUT2D eigenvalue weighted by atomic mass is 9.85. The number of para-hydroxylation sites is 1. The smallest absolute Gasteiger partial charge is 0.245 e. The van der Waals surface area contributed by atoms with Gasteiger partial charge in [-0.2, -0.15) is 0 Å². The molecule has 108 valence electrons. The maximum atomic E-state index is 12.7. The fraction of sp³-hybridized carbons (Fsp3) is 0.588. The summed E-state index contributed by atoms with van der Waals surface area (Å²) in [5.41, 5.74) is 2.77. The molecule has 2 heterocycles. The molecule has 1 fully saturated rings. The summed E-state index contributed by atoms with van der Waals surface area (Å²) in [4.78, 5) is 14.8. The van der Waals surface area contributed by atoms with Crippen LogP contribution in [0.4, 0.5) is 5.69 Å². The summed E-state index contributed by atoms with van der Waals surface area (Å²) in [5.74, 6) is 0.277. The van der Waals surface area contributed by atoms with Crippen LogP contribution in [0.15, 0.2) is 24.3 Å². The van der Waals surface area contributed by atoms with Gasteiger partial charge in [-0.1, -0.05) is 32.0 Å². The van der Waals surface area contributed by atoms with Crippen LogP contribution in [0.25, 0.3) is 0 Å². The average Bonchev–Trinajstić information content (AvgIpc) is 2.77. The number of benzene rings is 1. The third-order valence-corrected chi connectivity index (χ3v) is 4.72. The van der Waals surface area contributed by atoms with Crippen LogP contribution in [0.3, 0.4) is 0 Å². The van der Waals surface area contributed by atoms with Crippen LogP contribution < -0.4 is 5.32 Å². The molecular weight excluding hydrogens is 248 g/mol. The lowest BCUT2D eigenvalue weighted by Crippen LogP contribution is -2.42. The molecule has 0 bridgehead atoms. The third kappa shape index (κ3) is 2.67. The van der Waals surface area contributed by atoms with Crippen molar-refractivity contribution in [2.45, 2.75) is 45.6 Å². The van der Waals surface area contributed by atoms with Crippen LogP contribution in [-0.4, -0.2) is 29.9 Å². The molecule has 1 unspecified atom stereocenters. The maximum absolute atomic E-state index is 12.7. The zero-order chi connectivity index (χ0) is 14.2. The van der Waals surface area contributed by atoms with Crippen molar-refractivity contribution < 1.29 is 4.79 Å². The number of amides is 1. The van der Waals surface area contributed by atoms with E-state index in [2.05, 4.69) is 36.2 Å². The van der Waals surface area contributed by atoms with Gasteiger partial charge in [-0.25, -0.2) is 0 Å². The van der Waals surface area contributed by atoms with Crippen molar-refractivity contribution in [1.82, 2.24) is 4.90 Å². The Morgan fingerprint density at radius 3 is 2.85 bits per heavy atom. The second-order valence-electron chi connectivity index (χ2n) is 6.90. The first-order chi connectivity index (χ1) is 9.55. The molecule has 1 saturated heterocycles. The van der Waals surface area contributed by atoms with Gasteiger partial charge >= 0.3 is 0 Å². The number of carbonyl (C=O) groups is 1. The number of hydrogen-bond donors (Lipinski definition) is 1. The van der Waals surface area contributed by atoms with Crippen molar-refractivity contribution >= 4 is 11.6 Å². The van der Waals surface area contributed by atoms with E-state index in [1.165, 1.54) is 12.0 Å². The maximum Gasteiger partial charge on any atom is 0.245 e. The number of nitrogens with zero attached hydrogens (tertiary/aromatic N) is 1. The van der Waals surface area contributed by atoms with Gasteiger partial charge in [0, 0.05) is 25.2 Å². The number of rotatable bonds is 1. The van der Waals surface area contributed by atoms with E-state index < -0.39 is 0 Å². The zero-order valence-electron chi connectivity index (χ0n) is 12.5. The van der Waals surface area contributed by atoms with Gasteiger partial charge in [0.2, 0.25) is 5.91 Å². The second kappa shape index (κ2) is 5.12. The molecule has 0 aliphatic carbocycles. The standard InChI is InChI=1S/C17H24N2O/c1-17(2)8-5-10-19(11-9-17)16(20)15-12-13-6-3-4-7-14(13)18-15/h3-4,6-7,15,18H,5,8-12H2,1-2H3. The van der Waals surface area contributed by atoms with Crippen LogP contribution >= 0.6 is 0 Å². The molecule has 3 rings (SSSR count). The number of hydrogen-bond acceptors (Lipinski definition) is 2. The first-order valence-electron chi connectivity index (χ1n) is 7.68. The molecule has 0 aromatic heterocycles. The fourth-order valence-electron chi connectivity index (χ4n) is 3.31. The number of nitrogens with one attached hydrogen (secondary N) is 1. The normalized spacial score (nSPS) is 24.7. The first-order valence-corrected chi connectivity index (χ1v) is 7.68. The number of carbonyl (C=O) groups excluding carboxylic acids is 1. The van der Waals surface area contributed by atoms with Crippen molar-refractivity contribution in [3.63, 3.8) is 0 Å². The van der Waals surface area contributed by atoms with Crippen molar-refractivity contribution in [1.29, 1.82) is 0 Å². The Labute approximate surface area is 121 Å². The Hall–Kier alpha value is -1.51. The van der Waals surface area contributed by atoms with E-state index in [1.54, 1.807) is 0 Å². The Bertz CT molecular complexity index is 484. The van der Waals surface area contributed by atoms with Gasteiger partial charge in [-0.15, -0.1) is 0 Å². The highest BCUT2D eigenvalue weighted by Gasteiger charge is 2.32. The second-order valence-corrected chi connectivity index (χ2v) is 6.90. The van der Waals surface area contributed by atoms with Crippen LogP contribution in [-0.2, 0) is 11.2 Å². The quantitative estimate of drug-likeness (QED) is 0.852. The average molecular weight is 272 g/mol. The Morgan fingerprint density at radius 1 is 1.25 bits per heavy atom. The predicted molar refractivity (Wildman–Crippen MR) is 81.8 cm³/mol. The summed E-state index contributed by atoms with van der Waals surface area (Å²) in [5, 5.41) is 3.38. The zero-order valence-corrected chi connectivity index (χ0v) is 12.5. The molecule has 1 aromatic rings. The van der Waals surface area contributed by atoms with E-state index in [0.717, 1.165) is 38.0 Å². The van der Waals surface area contributed by atoms with E-state index in [0.29, 0.717) is 5.41 Å². The number of likely N-dealkylation sites (tertiary alicyclic amines) is 1. The van der Waals surface area contributed by atoms with E-state index in [-0.39, 0.29) is 11.9 Å². The molecule has 2 aliphatic rings. The van der Waals surface area contributed by atoms with Crippen LogP contribution in [0.1, 0.15) is 38.7 Å². The van der Waals surface area contributed by atoms with Gasteiger partial charge in [-0.05, 0) is 36.3 Å². The molecule has 1 N–H and O–H groups in total. The Kier molecular flexibility index (Phi) is 3.45. The monoisotopic (exact) mass is 272 g/mol. The van der Waals surface area contributed by atoms with Crippen LogP contribution in [0.2, 0.25) is 0 Å². The van der Waals surface area contributed by atoms with E-state index in [1.807, 2.05) is 12.1 Å². The Morgan fingerprint density at radius 2 is 2.05 bits per heavy atom. The van der Waals surface area contributed by atoms with E-state index >= 15 is 0 Å². The van der Waals surface area contributed by atoms with Gasteiger partial charge in [0.15, 0.2) is 0 Å². The molecule has 0 spiro atoms. The molecule has 1 amide bonds. The molecule has 2 aliphatic heterocycles. The van der Waals surface area contributed by atoms with Crippen molar-refractivity contribution in [3.05, 3.63) is 29.8 Å². The van der Waals surface area contributed by atoms with E-state index in [9.17, 15) is 4.79 Å². The molecule has 0 saturated carbocycles. The summed E-state index contributed by atoms with van der Waals surface area (Å²) in [6.07, 6.45) is 4.28. The van der Waals surface area contributed by atoms with Crippen LogP contribution in [0, 0.1) is 5.41 Å². The van der Waals surface area contributed by atoms with Gasteiger partial charge in [-0.3, -0.25) is 4.79 Å². The molecule has 3 nitrogen and oxygen atoms in total. The van der Waals surface area contributed by atoms with Gasteiger partial charge in [0.05, 0.1) is 0 Å². The highest BCUT2D eigenvalue weighted by molar-refractivity contribution is 5.87. The third-order valence-electron chi connectivity index (χ3n) is 4.72. The summed E-state index contributed by atoms with van der Waals surface area (Å²) < 4.78 is 0. The number of fused-ring (bicyclic) bond motifs is 1. The highest BCUT2D eigenvalue weighted by Crippen LogP contribution is 2.31. The van der Waals surface area contributed by atoms with Crippen molar-refractivity contribution in [2.24, 2.45) is 5.41 Å². The van der Waals surface area contributed by atoms with Crippen LogP contribution in [0.5, 0.6) is 0 Å². The molecule has 20 heavy (non-hydrogen) atoms. The highest BCUT2D eigenvalue weighted by atomic mass is 16.2. The summed E-state index contributed by atoms with van der Waals surface area (Å²) in [6, 6.07) is 8.18. The predicted octanol–water partition coefficient (Wildman–Crippen LogP) is 3.06. The molecule has 3 heteroatoms. The Balaban J connectivity index is 1.66. The minimum Gasteiger partial charge on any atom is -0.373 e. The minimum absolute atomic E-state index is 0.0615. The largest absolute Gasteiger partial charge is 0.373 e. The van der Waals surface area contributed by atoms with E-state index in [4.69, 9.17) is 0 Å². The fourth-order valence-corrected chi connectivity index (χ4v) is 3.31. The van der Waals surface area contributed by atoms with Crippen molar-refractivity contribution in [3.8, 4) is 0 Å². The van der Waals surface area contributed by atoms with Gasteiger partial charge in [0.25, 0.3) is 0 Å². The summed E-state index contributed by atoms with van der Waals surface area (Å²) >= 11 is 0.